The zero-order valence-electron chi connectivity index (χ0n) is 6.82. The van der Waals surface area contributed by atoms with Gasteiger partial charge in [-0.25, -0.2) is 4.39 Å². The molecule has 1 N–H and O–H groups in total. The highest BCUT2D eigenvalue weighted by Crippen LogP contribution is 2.31. The van der Waals surface area contributed by atoms with Gasteiger partial charge in [-0.3, -0.25) is 0 Å². The van der Waals surface area contributed by atoms with Crippen molar-refractivity contribution < 1.29 is 9.13 Å². The highest BCUT2D eigenvalue weighted by atomic mass is 35.5. The van der Waals surface area contributed by atoms with Crippen molar-refractivity contribution in [2.24, 2.45) is 0 Å². The molecule has 0 aliphatic carbocycles. The van der Waals surface area contributed by atoms with Crippen LogP contribution in [0, 0.1) is 5.82 Å². The van der Waals surface area contributed by atoms with Crippen LogP contribution in [-0.2, 0) is 0 Å². The number of benzene rings is 1. The fraction of sp³-hybridized carbons (Fsp3) is 0.250. The molecule has 66 valence electrons. The Morgan fingerprint density at radius 3 is 2.67 bits per heavy atom. The van der Waals surface area contributed by atoms with Gasteiger partial charge in [0.15, 0.2) is 5.82 Å². The Hall–Kier alpha value is -0.960. The Morgan fingerprint density at radius 1 is 1.50 bits per heavy atom. The van der Waals surface area contributed by atoms with E-state index < -0.39 is 5.82 Å². The standard InChI is InChI=1S/C8H9ClFNO/c1-11-8-6(12-2)4-3-5(9)7(8)10/h3-4,11H,1-2H3. The van der Waals surface area contributed by atoms with Crippen LogP contribution in [0.1, 0.15) is 0 Å². The van der Waals surface area contributed by atoms with Crippen molar-refractivity contribution in [2.75, 3.05) is 19.5 Å². The summed E-state index contributed by atoms with van der Waals surface area (Å²) in [4.78, 5) is 0. The van der Waals surface area contributed by atoms with E-state index in [4.69, 9.17) is 16.3 Å². The smallest absolute Gasteiger partial charge is 0.168 e. The van der Waals surface area contributed by atoms with Crippen molar-refractivity contribution in [2.45, 2.75) is 0 Å². The van der Waals surface area contributed by atoms with Gasteiger partial charge in [-0.2, -0.15) is 0 Å². The Kier molecular flexibility index (Phi) is 2.76. The number of halogens is 2. The Morgan fingerprint density at radius 2 is 2.17 bits per heavy atom. The molecule has 2 nitrogen and oxygen atoms in total. The van der Waals surface area contributed by atoms with Gasteiger partial charge in [0.25, 0.3) is 0 Å². The number of anilines is 1. The van der Waals surface area contributed by atoms with Crippen molar-refractivity contribution >= 4 is 17.3 Å². The molecule has 0 saturated heterocycles. The van der Waals surface area contributed by atoms with Gasteiger partial charge in [-0.05, 0) is 12.1 Å². The Balaban J connectivity index is 3.25. The van der Waals surface area contributed by atoms with E-state index in [9.17, 15) is 4.39 Å². The van der Waals surface area contributed by atoms with E-state index in [1.165, 1.54) is 13.2 Å². The number of methoxy groups -OCH3 is 1. The van der Waals surface area contributed by atoms with E-state index in [2.05, 4.69) is 5.32 Å². The van der Waals surface area contributed by atoms with Crippen molar-refractivity contribution in [1.82, 2.24) is 0 Å². The predicted octanol–water partition coefficient (Wildman–Crippen LogP) is 2.53. The normalized spacial score (nSPS) is 9.67. The van der Waals surface area contributed by atoms with Crippen LogP contribution in [0.2, 0.25) is 5.02 Å². The summed E-state index contributed by atoms with van der Waals surface area (Å²) in [5, 5.41) is 2.75. The van der Waals surface area contributed by atoms with Crippen molar-refractivity contribution in [1.29, 1.82) is 0 Å². The van der Waals surface area contributed by atoms with Crippen molar-refractivity contribution in [3.05, 3.63) is 23.0 Å². The van der Waals surface area contributed by atoms with E-state index in [1.54, 1.807) is 13.1 Å². The SMILES string of the molecule is CNc1c(OC)ccc(Cl)c1F. The molecule has 0 spiro atoms. The topological polar surface area (TPSA) is 21.3 Å². The number of nitrogens with one attached hydrogen (secondary N) is 1. The zero-order chi connectivity index (χ0) is 9.14. The molecule has 0 heterocycles. The second kappa shape index (κ2) is 3.63. The van der Waals surface area contributed by atoms with E-state index in [0.717, 1.165) is 0 Å². The number of rotatable bonds is 2. The first-order chi connectivity index (χ1) is 5.70. The fourth-order valence-electron chi connectivity index (χ4n) is 0.936. The molecule has 0 bridgehead atoms. The fourth-order valence-corrected chi connectivity index (χ4v) is 1.09. The second-order valence-electron chi connectivity index (χ2n) is 2.19. The minimum atomic E-state index is -0.487. The third-order valence-electron chi connectivity index (χ3n) is 1.53. The van der Waals surface area contributed by atoms with Crippen LogP contribution in [0.25, 0.3) is 0 Å². The molecule has 1 aromatic rings. The molecule has 0 amide bonds. The average molecular weight is 190 g/mol. The van der Waals surface area contributed by atoms with Crippen LogP contribution in [0.15, 0.2) is 12.1 Å². The van der Waals surface area contributed by atoms with E-state index in [1.807, 2.05) is 0 Å². The van der Waals surface area contributed by atoms with E-state index in [0.29, 0.717) is 5.75 Å². The third-order valence-corrected chi connectivity index (χ3v) is 1.82. The predicted molar refractivity (Wildman–Crippen MR) is 47.5 cm³/mol. The summed E-state index contributed by atoms with van der Waals surface area (Å²) in [5.41, 5.74) is 0.282. The summed E-state index contributed by atoms with van der Waals surface area (Å²) < 4.78 is 18.1. The summed E-state index contributed by atoms with van der Waals surface area (Å²) in [6.45, 7) is 0. The molecule has 1 rings (SSSR count). The lowest BCUT2D eigenvalue weighted by Gasteiger charge is -2.09. The van der Waals surface area contributed by atoms with Gasteiger partial charge in [-0.15, -0.1) is 0 Å². The molecule has 0 saturated carbocycles. The van der Waals surface area contributed by atoms with Crippen LogP contribution in [0.4, 0.5) is 10.1 Å². The molecule has 12 heavy (non-hydrogen) atoms. The van der Waals surface area contributed by atoms with Gasteiger partial charge in [0, 0.05) is 7.05 Å². The molecule has 4 heteroatoms. The third kappa shape index (κ3) is 1.46. The minimum absolute atomic E-state index is 0.0835. The summed E-state index contributed by atoms with van der Waals surface area (Å²) in [5.74, 6) is -0.0436. The summed E-state index contributed by atoms with van der Waals surface area (Å²) >= 11 is 5.55. The van der Waals surface area contributed by atoms with Gasteiger partial charge >= 0.3 is 0 Å². The van der Waals surface area contributed by atoms with Gasteiger partial charge in [-0.1, -0.05) is 11.6 Å². The van der Waals surface area contributed by atoms with Crippen molar-refractivity contribution in [3.8, 4) is 5.75 Å². The quantitative estimate of drug-likeness (QED) is 0.772. The lowest BCUT2D eigenvalue weighted by atomic mass is 10.3. The summed E-state index contributed by atoms with van der Waals surface area (Å²) in [7, 11) is 3.08. The van der Waals surface area contributed by atoms with Crippen LogP contribution in [0.3, 0.4) is 0 Å². The van der Waals surface area contributed by atoms with Gasteiger partial charge in [0.2, 0.25) is 0 Å². The van der Waals surface area contributed by atoms with Gasteiger partial charge < -0.3 is 10.1 Å². The molecule has 0 fully saturated rings. The number of ether oxygens (including phenoxy) is 1. The molecular formula is C8H9ClFNO. The first-order valence-electron chi connectivity index (χ1n) is 3.40. The lowest BCUT2D eigenvalue weighted by Crippen LogP contribution is -1.97. The first kappa shape index (κ1) is 9.13. The van der Waals surface area contributed by atoms with Crippen LogP contribution in [0.5, 0.6) is 5.75 Å². The Bertz CT molecular complexity index is 291. The number of hydrogen-bond acceptors (Lipinski definition) is 2. The average Bonchev–Trinajstić information content (AvgIpc) is 2.09. The molecule has 0 unspecified atom stereocenters. The molecule has 0 aliphatic rings. The maximum atomic E-state index is 13.2. The molecular weight excluding hydrogens is 181 g/mol. The highest BCUT2D eigenvalue weighted by Gasteiger charge is 2.10. The van der Waals surface area contributed by atoms with Crippen molar-refractivity contribution in [3.63, 3.8) is 0 Å². The van der Waals surface area contributed by atoms with E-state index in [-0.39, 0.29) is 10.7 Å². The lowest BCUT2D eigenvalue weighted by molar-refractivity contribution is 0.414. The molecule has 0 aromatic heterocycles. The summed E-state index contributed by atoms with van der Waals surface area (Å²) in [6.07, 6.45) is 0. The molecule has 0 aliphatic heterocycles. The summed E-state index contributed by atoms with van der Waals surface area (Å²) in [6, 6.07) is 3.06. The molecule has 0 atom stereocenters. The largest absolute Gasteiger partial charge is 0.494 e. The van der Waals surface area contributed by atoms with E-state index >= 15 is 0 Å². The van der Waals surface area contributed by atoms with Crippen LogP contribution >= 0.6 is 11.6 Å². The monoisotopic (exact) mass is 189 g/mol. The maximum absolute atomic E-state index is 13.2. The first-order valence-corrected chi connectivity index (χ1v) is 3.78. The van der Waals surface area contributed by atoms with Crippen LogP contribution < -0.4 is 10.1 Å². The second-order valence-corrected chi connectivity index (χ2v) is 2.60. The molecule has 0 radical (unpaired) electrons. The van der Waals surface area contributed by atoms with Gasteiger partial charge in [0.1, 0.15) is 11.4 Å². The molecule has 1 aromatic carbocycles. The minimum Gasteiger partial charge on any atom is -0.494 e. The van der Waals surface area contributed by atoms with Crippen LogP contribution in [-0.4, -0.2) is 14.2 Å². The highest BCUT2D eigenvalue weighted by molar-refractivity contribution is 6.31. The zero-order valence-corrected chi connectivity index (χ0v) is 7.57. The Labute approximate surface area is 75.3 Å². The van der Waals surface area contributed by atoms with Gasteiger partial charge in [0.05, 0.1) is 12.1 Å². The number of hydrogen-bond donors (Lipinski definition) is 1. The maximum Gasteiger partial charge on any atom is 0.168 e.